The minimum absolute atomic E-state index is 0.160. The highest BCUT2D eigenvalue weighted by atomic mass is 16.5. The molecule has 0 aliphatic heterocycles. The van der Waals surface area contributed by atoms with Gasteiger partial charge in [-0.3, -0.25) is 4.79 Å². The highest BCUT2D eigenvalue weighted by Gasteiger charge is 2.30. The summed E-state index contributed by atoms with van der Waals surface area (Å²) in [5.74, 6) is 1.89. The van der Waals surface area contributed by atoms with E-state index >= 15 is 0 Å². The van der Waals surface area contributed by atoms with E-state index in [0.29, 0.717) is 11.8 Å². The maximum absolute atomic E-state index is 12.8. The van der Waals surface area contributed by atoms with E-state index in [2.05, 4.69) is 19.9 Å². The van der Waals surface area contributed by atoms with Crippen molar-refractivity contribution in [1.29, 1.82) is 0 Å². The number of methoxy groups -OCH3 is 1. The smallest absolute Gasteiger partial charge is 0.189 e. The van der Waals surface area contributed by atoms with E-state index in [1.165, 1.54) is 5.56 Å². The third-order valence-corrected chi connectivity index (χ3v) is 4.60. The zero-order valence-corrected chi connectivity index (χ0v) is 13.9. The van der Waals surface area contributed by atoms with E-state index in [-0.39, 0.29) is 5.78 Å². The Bertz CT molecular complexity index is 739. The summed E-state index contributed by atoms with van der Waals surface area (Å²) >= 11 is 0. The molecule has 1 aliphatic carbocycles. The largest absolute Gasteiger partial charge is 0.497 e. The summed E-state index contributed by atoms with van der Waals surface area (Å²) in [6.45, 7) is 4.45. The Kier molecular flexibility index (Phi) is 4.33. The summed E-state index contributed by atoms with van der Waals surface area (Å²) in [6.07, 6.45) is 2.83. The lowest BCUT2D eigenvalue weighted by molar-refractivity contribution is 0.102. The highest BCUT2D eigenvalue weighted by Crippen LogP contribution is 2.39. The molecule has 0 saturated carbocycles. The second kappa shape index (κ2) is 6.41. The van der Waals surface area contributed by atoms with Gasteiger partial charge in [-0.05, 0) is 47.6 Å². The van der Waals surface area contributed by atoms with Crippen LogP contribution in [0.25, 0.3) is 6.08 Å². The number of carbonyl (C=O) groups is 1. The fourth-order valence-corrected chi connectivity index (χ4v) is 3.26. The van der Waals surface area contributed by atoms with Crippen molar-refractivity contribution in [3.8, 4) is 5.75 Å². The van der Waals surface area contributed by atoms with Crippen molar-refractivity contribution >= 4 is 11.9 Å². The van der Waals surface area contributed by atoms with Crippen LogP contribution in [0.3, 0.4) is 0 Å². The van der Waals surface area contributed by atoms with Crippen LogP contribution in [0.1, 0.15) is 47.7 Å². The summed E-state index contributed by atoms with van der Waals surface area (Å²) in [6, 6.07) is 15.9. The monoisotopic (exact) mass is 306 g/mol. The first kappa shape index (κ1) is 15.5. The fraction of sp³-hybridized carbons (Fsp3) is 0.286. The lowest BCUT2D eigenvalue weighted by Crippen LogP contribution is -2.21. The van der Waals surface area contributed by atoms with Gasteiger partial charge in [0.25, 0.3) is 0 Å². The molecule has 118 valence electrons. The molecule has 2 aromatic rings. The molecule has 0 spiro atoms. The second-order valence-corrected chi connectivity index (χ2v) is 6.41. The van der Waals surface area contributed by atoms with Crippen molar-refractivity contribution in [2.75, 3.05) is 7.11 Å². The summed E-state index contributed by atoms with van der Waals surface area (Å²) in [7, 11) is 1.66. The van der Waals surface area contributed by atoms with Gasteiger partial charge in [0, 0.05) is 11.1 Å². The molecule has 0 N–H and O–H groups in total. The first-order chi connectivity index (χ1) is 11.1. The van der Waals surface area contributed by atoms with E-state index < -0.39 is 0 Å². The average molecular weight is 306 g/mol. The first-order valence-electron chi connectivity index (χ1n) is 8.08. The molecule has 23 heavy (non-hydrogen) atoms. The Balaban J connectivity index is 2.00. The third kappa shape index (κ3) is 3.07. The molecule has 0 fully saturated rings. The minimum Gasteiger partial charge on any atom is -0.497 e. The number of ketones is 1. The predicted molar refractivity (Wildman–Crippen MR) is 93.9 cm³/mol. The van der Waals surface area contributed by atoms with Crippen molar-refractivity contribution in [3.63, 3.8) is 0 Å². The van der Waals surface area contributed by atoms with E-state index in [1.54, 1.807) is 7.11 Å². The van der Waals surface area contributed by atoms with Crippen LogP contribution in [0, 0.1) is 5.92 Å². The van der Waals surface area contributed by atoms with Crippen molar-refractivity contribution in [2.45, 2.75) is 26.2 Å². The summed E-state index contributed by atoms with van der Waals surface area (Å²) < 4.78 is 5.19. The van der Waals surface area contributed by atoms with Gasteiger partial charge in [0.05, 0.1) is 7.11 Å². The second-order valence-electron chi connectivity index (χ2n) is 6.41. The Morgan fingerprint density at radius 1 is 1.09 bits per heavy atom. The quantitative estimate of drug-likeness (QED) is 0.737. The molecule has 0 aromatic heterocycles. The van der Waals surface area contributed by atoms with Crippen molar-refractivity contribution in [2.24, 2.45) is 5.92 Å². The van der Waals surface area contributed by atoms with Crippen molar-refractivity contribution < 1.29 is 9.53 Å². The molecule has 0 amide bonds. The van der Waals surface area contributed by atoms with Crippen molar-refractivity contribution in [3.05, 3.63) is 70.8 Å². The molecule has 2 aromatic carbocycles. The molecule has 3 rings (SSSR count). The number of allylic oxidation sites excluding steroid dienone is 1. The minimum atomic E-state index is 0.160. The molecule has 1 aliphatic rings. The summed E-state index contributed by atoms with van der Waals surface area (Å²) in [5.41, 5.74) is 3.99. The Labute approximate surface area is 137 Å². The first-order valence-corrected chi connectivity index (χ1v) is 8.08. The number of rotatable bonds is 3. The Morgan fingerprint density at radius 2 is 1.78 bits per heavy atom. The number of Topliss-reactive ketones (excluding diaryl/α,β-unsaturated/α-hetero) is 1. The molecular weight excluding hydrogens is 284 g/mol. The lowest BCUT2D eigenvalue weighted by atomic mass is 9.74. The van der Waals surface area contributed by atoms with E-state index in [1.807, 2.05) is 48.5 Å². The molecule has 0 radical (unpaired) electrons. The van der Waals surface area contributed by atoms with Crippen LogP contribution in [0.2, 0.25) is 0 Å². The topological polar surface area (TPSA) is 26.3 Å². The van der Waals surface area contributed by atoms with E-state index in [9.17, 15) is 4.79 Å². The predicted octanol–water partition coefficient (Wildman–Crippen LogP) is 5.10. The van der Waals surface area contributed by atoms with Gasteiger partial charge in [-0.15, -0.1) is 0 Å². The van der Waals surface area contributed by atoms with Crippen LogP contribution >= 0.6 is 0 Å². The summed E-state index contributed by atoms with van der Waals surface area (Å²) in [4.78, 5) is 12.8. The molecule has 0 bridgehead atoms. The SMILES string of the molecule is COc1ccc(/C=C2\C[C@H](C(C)C)c3ccccc3C2=O)cc1. The van der Waals surface area contributed by atoms with Gasteiger partial charge in [-0.25, -0.2) is 0 Å². The molecular formula is C21H22O2. The summed E-state index contributed by atoms with van der Waals surface area (Å²) in [5, 5.41) is 0. The maximum Gasteiger partial charge on any atom is 0.189 e. The third-order valence-electron chi connectivity index (χ3n) is 4.60. The number of benzene rings is 2. The maximum atomic E-state index is 12.8. The van der Waals surface area contributed by atoms with Crippen molar-refractivity contribution in [1.82, 2.24) is 0 Å². The van der Waals surface area contributed by atoms with Gasteiger partial charge >= 0.3 is 0 Å². The van der Waals surface area contributed by atoms with Crippen LogP contribution in [-0.2, 0) is 0 Å². The zero-order valence-electron chi connectivity index (χ0n) is 13.9. The number of hydrogen-bond acceptors (Lipinski definition) is 2. The molecule has 0 saturated heterocycles. The number of hydrogen-bond donors (Lipinski definition) is 0. The van der Waals surface area contributed by atoms with Crippen LogP contribution in [0.4, 0.5) is 0 Å². The molecule has 1 atom stereocenters. The Hall–Kier alpha value is -2.35. The van der Waals surface area contributed by atoms with Crippen LogP contribution in [0.5, 0.6) is 5.75 Å². The molecule has 2 nitrogen and oxygen atoms in total. The van der Waals surface area contributed by atoms with Crippen LogP contribution < -0.4 is 4.74 Å². The van der Waals surface area contributed by atoms with Gasteiger partial charge in [0.15, 0.2) is 5.78 Å². The van der Waals surface area contributed by atoms with E-state index in [0.717, 1.165) is 28.9 Å². The van der Waals surface area contributed by atoms with Crippen LogP contribution in [-0.4, -0.2) is 12.9 Å². The van der Waals surface area contributed by atoms with Gasteiger partial charge in [-0.2, -0.15) is 0 Å². The van der Waals surface area contributed by atoms with Gasteiger partial charge in [0.1, 0.15) is 5.75 Å². The van der Waals surface area contributed by atoms with Gasteiger partial charge in [-0.1, -0.05) is 50.2 Å². The zero-order chi connectivity index (χ0) is 16.4. The lowest BCUT2D eigenvalue weighted by Gasteiger charge is -2.29. The number of fused-ring (bicyclic) bond motifs is 1. The molecule has 0 heterocycles. The van der Waals surface area contributed by atoms with Gasteiger partial charge < -0.3 is 4.74 Å². The van der Waals surface area contributed by atoms with E-state index in [4.69, 9.17) is 4.74 Å². The fourth-order valence-electron chi connectivity index (χ4n) is 3.26. The average Bonchev–Trinajstić information content (AvgIpc) is 2.58. The van der Waals surface area contributed by atoms with Crippen LogP contribution in [0.15, 0.2) is 54.1 Å². The normalized spacial score (nSPS) is 19.0. The highest BCUT2D eigenvalue weighted by molar-refractivity contribution is 6.13. The number of carbonyl (C=O) groups excluding carboxylic acids is 1. The van der Waals surface area contributed by atoms with Gasteiger partial charge in [0.2, 0.25) is 0 Å². The standard InChI is InChI=1S/C21H22O2/c1-14(2)20-13-16(12-15-8-10-17(23-3)11-9-15)21(22)19-7-5-4-6-18(19)20/h4-12,14,20H,13H2,1-3H3/b16-12+/t20-/m1/s1. The Morgan fingerprint density at radius 3 is 2.43 bits per heavy atom. The number of ether oxygens (including phenoxy) is 1. The molecule has 0 unspecified atom stereocenters. The molecule has 2 heteroatoms.